The predicted octanol–water partition coefficient (Wildman–Crippen LogP) is 2.46. The van der Waals surface area contributed by atoms with Crippen LogP contribution in [-0.4, -0.2) is 12.1 Å². The van der Waals surface area contributed by atoms with Crippen LogP contribution in [0.3, 0.4) is 0 Å². The number of hydrogen-bond acceptors (Lipinski definition) is 2. The number of carbonyl (C=O) groups is 1. The maximum atomic E-state index is 10.9. The Kier molecular flexibility index (Phi) is 6.07. The monoisotopic (exact) mass is 168 g/mol. The van der Waals surface area contributed by atoms with Gasteiger partial charge in [-0.15, -0.1) is 0 Å². The molecule has 0 heterocycles. The molecule has 0 saturated carbocycles. The molecule has 0 aliphatic carbocycles. The van der Waals surface area contributed by atoms with Crippen molar-refractivity contribution in [1.82, 2.24) is 0 Å². The van der Waals surface area contributed by atoms with E-state index in [0.717, 1.165) is 6.42 Å². The van der Waals surface area contributed by atoms with Crippen molar-refractivity contribution < 1.29 is 9.53 Å². The Morgan fingerprint density at radius 3 is 2.75 bits per heavy atom. The van der Waals surface area contributed by atoms with Crippen molar-refractivity contribution in [1.29, 1.82) is 0 Å². The highest BCUT2D eigenvalue weighted by Gasteiger charge is 2.02. The first-order valence-corrected chi connectivity index (χ1v) is 4.14. The lowest BCUT2D eigenvalue weighted by Crippen LogP contribution is -2.10. The molecule has 2 heteroatoms. The molecule has 2 nitrogen and oxygen atoms in total. The molecule has 0 unspecified atom stereocenters. The van der Waals surface area contributed by atoms with Crippen LogP contribution in [0.1, 0.15) is 26.7 Å². The highest BCUT2D eigenvalue weighted by Crippen LogP contribution is 1.97. The van der Waals surface area contributed by atoms with Crippen LogP contribution in [0.4, 0.5) is 0 Å². The Morgan fingerprint density at radius 2 is 2.25 bits per heavy atom. The molecule has 0 spiro atoms. The predicted molar refractivity (Wildman–Crippen MR) is 49.8 cm³/mol. The fourth-order valence-corrected chi connectivity index (χ4v) is 0.715. The van der Waals surface area contributed by atoms with Crippen LogP contribution < -0.4 is 0 Å². The van der Waals surface area contributed by atoms with E-state index in [0.29, 0.717) is 6.42 Å². The van der Waals surface area contributed by atoms with Crippen molar-refractivity contribution in [3.63, 3.8) is 0 Å². The molecule has 0 aromatic rings. The Bertz CT molecular complexity index is 169. The molecular formula is C10H16O2. The molecule has 68 valence electrons. The van der Waals surface area contributed by atoms with E-state index < -0.39 is 0 Å². The topological polar surface area (TPSA) is 26.3 Å². The molecule has 12 heavy (non-hydrogen) atoms. The Morgan fingerprint density at radius 1 is 1.58 bits per heavy atom. The summed E-state index contributed by atoms with van der Waals surface area (Å²) in [6, 6.07) is 0. The zero-order valence-corrected chi connectivity index (χ0v) is 7.75. The van der Waals surface area contributed by atoms with Gasteiger partial charge in [-0.25, -0.2) is 0 Å². The van der Waals surface area contributed by atoms with Crippen molar-refractivity contribution >= 4 is 5.97 Å². The SMILES string of the molecule is C=C/C=C/CCC(=O)OC(C)C. The fraction of sp³-hybridized carbons (Fsp3) is 0.500. The van der Waals surface area contributed by atoms with Crippen molar-refractivity contribution in [3.05, 3.63) is 24.8 Å². The maximum absolute atomic E-state index is 10.9. The highest BCUT2D eigenvalue weighted by molar-refractivity contribution is 5.69. The van der Waals surface area contributed by atoms with Crippen LogP contribution >= 0.6 is 0 Å². The minimum atomic E-state index is -0.140. The Hall–Kier alpha value is -1.05. The lowest BCUT2D eigenvalue weighted by Gasteiger charge is -2.05. The van der Waals surface area contributed by atoms with Gasteiger partial charge in [-0.2, -0.15) is 0 Å². The van der Waals surface area contributed by atoms with E-state index in [2.05, 4.69) is 6.58 Å². The number of ether oxygens (including phenoxy) is 1. The van der Waals surface area contributed by atoms with Gasteiger partial charge in [-0.3, -0.25) is 4.79 Å². The van der Waals surface area contributed by atoms with Gasteiger partial charge in [0, 0.05) is 6.42 Å². The zero-order valence-electron chi connectivity index (χ0n) is 7.75. The highest BCUT2D eigenvalue weighted by atomic mass is 16.5. The second-order valence-electron chi connectivity index (χ2n) is 2.74. The summed E-state index contributed by atoms with van der Waals surface area (Å²) in [5.74, 6) is -0.140. The summed E-state index contributed by atoms with van der Waals surface area (Å²) < 4.78 is 4.93. The average molecular weight is 168 g/mol. The van der Waals surface area contributed by atoms with Gasteiger partial charge in [0.2, 0.25) is 0 Å². The third-order valence-corrected chi connectivity index (χ3v) is 1.15. The lowest BCUT2D eigenvalue weighted by atomic mass is 10.3. The van der Waals surface area contributed by atoms with Gasteiger partial charge in [0.25, 0.3) is 0 Å². The fourth-order valence-electron chi connectivity index (χ4n) is 0.715. The van der Waals surface area contributed by atoms with E-state index in [1.54, 1.807) is 6.08 Å². The van der Waals surface area contributed by atoms with Gasteiger partial charge in [-0.05, 0) is 20.3 Å². The molecule has 0 amide bonds. The van der Waals surface area contributed by atoms with Crippen molar-refractivity contribution in [2.45, 2.75) is 32.8 Å². The largest absolute Gasteiger partial charge is 0.463 e. The third kappa shape index (κ3) is 7.06. The van der Waals surface area contributed by atoms with Crippen LogP contribution in [0.25, 0.3) is 0 Å². The van der Waals surface area contributed by atoms with Gasteiger partial charge >= 0.3 is 5.97 Å². The van der Waals surface area contributed by atoms with Crippen LogP contribution in [0, 0.1) is 0 Å². The summed E-state index contributed by atoms with van der Waals surface area (Å²) in [6.07, 6.45) is 6.56. The minimum absolute atomic E-state index is 0.0131. The number of allylic oxidation sites excluding steroid dienone is 3. The molecule has 0 aromatic heterocycles. The van der Waals surface area contributed by atoms with E-state index >= 15 is 0 Å². The quantitative estimate of drug-likeness (QED) is 0.465. The van der Waals surface area contributed by atoms with Crippen LogP contribution in [-0.2, 0) is 9.53 Å². The molecule has 0 aromatic carbocycles. The average Bonchev–Trinajstić information content (AvgIpc) is 1.97. The summed E-state index contributed by atoms with van der Waals surface area (Å²) in [7, 11) is 0. The number of rotatable bonds is 5. The van der Waals surface area contributed by atoms with E-state index in [1.807, 2.05) is 26.0 Å². The number of carbonyl (C=O) groups excluding carboxylic acids is 1. The molecule has 0 saturated heterocycles. The molecule has 0 N–H and O–H groups in total. The molecule has 0 radical (unpaired) electrons. The second-order valence-corrected chi connectivity index (χ2v) is 2.74. The minimum Gasteiger partial charge on any atom is -0.463 e. The number of esters is 1. The molecule has 0 aliphatic rings. The van der Waals surface area contributed by atoms with Crippen molar-refractivity contribution in [2.75, 3.05) is 0 Å². The first-order valence-electron chi connectivity index (χ1n) is 4.14. The van der Waals surface area contributed by atoms with Gasteiger partial charge in [0.1, 0.15) is 0 Å². The normalized spacial score (nSPS) is 10.6. The summed E-state index contributed by atoms with van der Waals surface area (Å²) in [6.45, 7) is 7.21. The van der Waals surface area contributed by atoms with Crippen LogP contribution in [0.5, 0.6) is 0 Å². The van der Waals surface area contributed by atoms with Crippen molar-refractivity contribution in [3.8, 4) is 0 Å². The first kappa shape index (κ1) is 11.0. The molecule has 0 aliphatic heterocycles. The number of hydrogen-bond donors (Lipinski definition) is 0. The summed E-state index contributed by atoms with van der Waals surface area (Å²) in [5.41, 5.74) is 0. The summed E-state index contributed by atoms with van der Waals surface area (Å²) in [4.78, 5) is 10.9. The molecule has 0 rings (SSSR count). The summed E-state index contributed by atoms with van der Waals surface area (Å²) >= 11 is 0. The molecular weight excluding hydrogens is 152 g/mol. The lowest BCUT2D eigenvalue weighted by molar-refractivity contribution is -0.147. The van der Waals surface area contributed by atoms with Gasteiger partial charge in [0.05, 0.1) is 6.10 Å². The molecule has 0 bridgehead atoms. The molecule has 0 fully saturated rings. The Balaban J connectivity index is 3.44. The van der Waals surface area contributed by atoms with E-state index in [9.17, 15) is 4.79 Å². The molecule has 0 atom stereocenters. The van der Waals surface area contributed by atoms with Crippen molar-refractivity contribution in [2.24, 2.45) is 0 Å². The standard InChI is InChI=1S/C10H16O2/c1-4-5-6-7-8-10(11)12-9(2)3/h4-6,9H,1,7-8H2,2-3H3/b6-5+. The smallest absolute Gasteiger partial charge is 0.306 e. The van der Waals surface area contributed by atoms with E-state index in [-0.39, 0.29) is 12.1 Å². The van der Waals surface area contributed by atoms with Crippen LogP contribution in [0.15, 0.2) is 24.8 Å². The maximum Gasteiger partial charge on any atom is 0.306 e. The zero-order chi connectivity index (χ0) is 9.40. The van der Waals surface area contributed by atoms with Gasteiger partial charge in [-0.1, -0.05) is 24.8 Å². The third-order valence-electron chi connectivity index (χ3n) is 1.15. The second kappa shape index (κ2) is 6.65. The summed E-state index contributed by atoms with van der Waals surface area (Å²) in [5, 5.41) is 0. The van der Waals surface area contributed by atoms with Gasteiger partial charge < -0.3 is 4.74 Å². The first-order chi connectivity index (χ1) is 5.66. The van der Waals surface area contributed by atoms with Crippen LogP contribution in [0.2, 0.25) is 0 Å². The van der Waals surface area contributed by atoms with E-state index in [4.69, 9.17) is 4.74 Å². The van der Waals surface area contributed by atoms with Gasteiger partial charge in [0.15, 0.2) is 0 Å². The Labute approximate surface area is 73.9 Å². The van der Waals surface area contributed by atoms with E-state index in [1.165, 1.54) is 0 Å².